The summed E-state index contributed by atoms with van der Waals surface area (Å²) in [4.78, 5) is 0. The first-order chi connectivity index (χ1) is 11.7. The van der Waals surface area contributed by atoms with Crippen molar-refractivity contribution in [2.45, 2.75) is 78.2 Å². The van der Waals surface area contributed by atoms with Gasteiger partial charge in [0, 0.05) is 0 Å². The highest BCUT2D eigenvalue weighted by Crippen LogP contribution is 2.02. The highest BCUT2D eigenvalue weighted by molar-refractivity contribution is 4.57. The average molecular weight is 366 g/mol. The Morgan fingerprint density at radius 2 is 0.760 bits per heavy atom. The van der Waals surface area contributed by atoms with Gasteiger partial charge in [-0.2, -0.15) is 0 Å². The summed E-state index contributed by atoms with van der Waals surface area (Å²) in [6, 6.07) is 0. The summed E-state index contributed by atoms with van der Waals surface area (Å²) in [5.74, 6) is 0. The lowest BCUT2D eigenvalue weighted by Crippen LogP contribution is -2.28. The third-order valence-corrected chi connectivity index (χ3v) is 3.18. The Hall–Kier alpha value is -0.280. The van der Waals surface area contributed by atoms with Crippen LogP contribution in [-0.2, 0) is 23.7 Å². The van der Waals surface area contributed by atoms with Crippen LogP contribution in [0.25, 0.3) is 0 Å². The van der Waals surface area contributed by atoms with E-state index in [2.05, 4.69) is 0 Å². The summed E-state index contributed by atoms with van der Waals surface area (Å²) in [7, 11) is 0. The second kappa shape index (κ2) is 14.8. The van der Waals surface area contributed by atoms with Crippen molar-refractivity contribution in [1.82, 2.24) is 0 Å². The van der Waals surface area contributed by atoms with Crippen molar-refractivity contribution in [2.75, 3.05) is 39.6 Å². The van der Waals surface area contributed by atoms with E-state index in [0.717, 1.165) is 0 Å². The molecule has 25 heavy (non-hydrogen) atoms. The van der Waals surface area contributed by atoms with Crippen LogP contribution in [0.2, 0.25) is 0 Å². The first-order valence-corrected chi connectivity index (χ1v) is 9.10. The minimum atomic E-state index is -0.468. The van der Waals surface area contributed by atoms with Crippen LogP contribution in [0.15, 0.2) is 0 Å². The Morgan fingerprint density at radius 3 is 1.08 bits per heavy atom. The third kappa shape index (κ3) is 16.9. The van der Waals surface area contributed by atoms with E-state index < -0.39 is 12.2 Å². The summed E-state index contributed by atoms with van der Waals surface area (Å²) < 4.78 is 27.8. The molecule has 0 saturated carbocycles. The molecule has 0 spiro atoms. The van der Waals surface area contributed by atoms with Crippen LogP contribution in [0.4, 0.5) is 0 Å². The summed E-state index contributed by atoms with van der Waals surface area (Å²) >= 11 is 0. The maximum atomic E-state index is 9.16. The van der Waals surface area contributed by atoms with Crippen molar-refractivity contribution in [3.63, 3.8) is 0 Å². The normalized spacial score (nSPS) is 19.2. The molecule has 0 fully saturated rings. The minimum absolute atomic E-state index is 0.0434. The van der Waals surface area contributed by atoms with Gasteiger partial charge in [0.15, 0.2) is 0 Å². The molecule has 6 atom stereocenters. The van der Waals surface area contributed by atoms with Crippen molar-refractivity contribution in [3.8, 4) is 0 Å². The van der Waals surface area contributed by atoms with Gasteiger partial charge in [-0.15, -0.1) is 0 Å². The Kier molecular flexibility index (Phi) is 14.7. The molecule has 0 rings (SSSR count). The largest absolute Gasteiger partial charge is 0.391 e. The summed E-state index contributed by atoms with van der Waals surface area (Å²) in [6.07, 6.45) is -1.16. The summed E-state index contributed by atoms with van der Waals surface area (Å²) in [5.41, 5.74) is 0. The van der Waals surface area contributed by atoms with E-state index >= 15 is 0 Å². The van der Waals surface area contributed by atoms with E-state index in [0.29, 0.717) is 39.6 Å². The van der Waals surface area contributed by atoms with E-state index in [4.69, 9.17) is 33.9 Å². The summed E-state index contributed by atoms with van der Waals surface area (Å²) in [5, 5.41) is 18.3. The molecule has 0 aliphatic rings. The van der Waals surface area contributed by atoms with Gasteiger partial charge in [0.2, 0.25) is 0 Å². The first-order valence-electron chi connectivity index (χ1n) is 9.10. The predicted molar refractivity (Wildman–Crippen MR) is 95.8 cm³/mol. The van der Waals surface area contributed by atoms with Gasteiger partial charge in [0.1, 0.15) is 0 Å². The number of ether oxygens (including phenoxy) is 5. The van der Waals surface area contributed by atoms with Crippen molar-refractivity contribution in [1.29, 1.82) is 0 Å². The van der Waals surface area contributed by atoms with E-state index in [-0.39, 0.29) is 24.4 Å². The number of hydrogen-bond donors (Lipinski definition) is 2. The Labute approximate surface area is 152 Å². The molecular weight excluding hydrogens is 328 g/mol. The highest BCUT2D eigenvalue weighted by atomic mass is 16.6. The molecular formula is C18H38O7. The van der Waals surface area contributed by atoms with Crippen LogP contribution >= 0.6 is 0 Å². The molecule has 0 aromatic heterocycles. The van der Waals surface area contributed by atoms with Gasteiger partial charge in [0.05, 0.1) is 76.3 Å². The Morgan fingerprint density at radius 1 is 0.480 bits per heavy atom. The zero-order chi connectivity index (χ0) is 19.2. The molecule has 0 heterocycles. The molecule has 0 amide bonds. The predicted octanol–water partition coefficient (Wildman–Crippen LogP) is 1.39. The lowest BCUT2D eigenvalue weighted by molar-refractivity contribution is -0.0913. The van der Waals surface area contributed by atoms with Crippen LogP contribution in [0.3, 0.4) is 0 Å². The molecule has 0 aliphatic carbocycles. The molecule has 0 aromatic carbocycles. The molecule has 2 N–H and O–H groups in total. The minimum Gasteiger partial charge on any atom is -0.391 e. The Bertz CT molecular complexity index is 271. The van der Waals surface area contributed by atoms with Gasteiger partial charge in [-0.1, -0.05) is 0 Å². The van der Waals surface area contributed by atoms with Crippen molar-refractivity contribution < 1.29 is 33.9 Å². The standard InChI is InChI=1S/C18H38O7/c1-13(19)7-22-17(5)11-24-15(3)9-21-10-16(4)25-12-18(6)23-8-14(2)20/h13-20H,7-12H2,1-6H3. The number of hydrogen-bond acceptors (Lipinski definition) is 7. The van der Waals surface area contributed by atoms with Crippen molar-refractivity contribution in [3.05, 3.63) is 0 Å². The second-order valence-electron chi connectivity index (χ2n) is 6.81. The molecule has 7 heteroatoms. The van der Waals surface area contributed by atoms with E-state index in [1.165, 1.54) is 0 Å². The van der Waals surface area contributed by atoms with Crippen molar-refractivity contribution >= 4 is 0 Å². The van der Waals surface area contributed by atoms with Gasteiger partial charge >= 0.3 is 0 Å². The lowest BCUT2D eigenvalue weighted by Gasteiger charge is -2.20. The van der Waals surface area contributed by atoms with Crippen molar-refractivity contribution in [2.24, 2.45) is 0 Å². The fourth-order valence-electron chi connectivity index (χ4n) is 1.80. The molecule has 0 saturated heterocycles. The number of rotatable bonds is 16. The molecule has 0 radical (unpaired) electrons. The van der Waals surface area contributed by atoms with Gasteiger partial charge in [0.25, 0.3) is 0 Å². The topological polar surface area (TPSA) is 86.6 Å². The Balaban J connectivity index is 3.63. The van der Waals surface area contributed by atoms with E-state index in [1.807, 2.05) is 27.7 Å². The highest BCUT2D eigenvalue weighted by Gasteiger charge is 2.11. The second-order valence-corrected chi connectivity index (χ2v) is 6.81. The average Bonchev–Trinajstić information content (AvgIpc) is 2.54. The van der Waals surface area contributed by atoms with Crippen LogP contribution < -0.4 is 0 Å². The zero-order valence-electron chi connectivity index (χ0n) is 16.6. The van der Waals surface area contributed by atoms with Gasteiger partial charge < -0.3 is 33.9 Å². The van der Waals surface area contributed by atoms with E-state index in [9.17, 15) is 0 Å². The molecule has 152 valence electrons. The third-order valence-electron chi connectivity index (χ3n) is 3.18. The number of aliphatic hydroxyl groups excluding tert-OH is 2. The smallest absolute Gasteiger partial charge is 0.0781 e. The van der Waals surface area contributed by atoms with Crippen LogP contribution in [0, 0.1) is 0 Å². The quantitative estimate of drug-likeness (QED) is 0.427. The van der Waals surface area contributed by atoms with Gasteiger partial charge in [-0.3, -0.25) is 0 Å². The fourth-order valence-corrected chi connectivity index (χ4v) is 1.80. The van der Waals surface area contributed by atoms with Crippen LogP contribution in [0.5, 0.6) is 0 Å². The van der Waals surface area contributed by atoms with Crippen LogP contribution in [-0.4, -0.2) is 86.5 Å². The molecule has 0 aromatic rings. The number of aliphatic hydroxyl groups is 2. The van der Waals surface area contributed by atoms with E-state index in [1.54, 1.807) is 13.8 Å². The summed E-state index contributed by atoms with van der Waals surface area (Å²) in [6.45, 7) is 13.6. The zero-order valence-corrected chi connectivity index (χ0v) is 16.6. The maximum Gasteiger partial charge on any atom is 0.0781 e. The van der Waals surface area contributed by atoms with Gasteiger partial charge in [-0.25, -0.2) is 0 Å². The molecule has 0 aliphatic heterocycles. The molecule has 6 unspecified atom stereocenters. The fraction of sp³-hybridized carbons (Fsp3) is 1.00. The molecule has 0 bridgehead atoms. The maximum absolute atomic E-state index is 9.16. The lowest BCUT2D eigenvalue weighted by atomic mass is 10.3. The monoisotopic (exact) mass is 366 g/mol. The molecule has 7 nitrogen and oxygen atoms in total. The first kappa shape index (κ1) is 24.7. The van der Waals surface area contributed by atoms with Gasteiger partial charge in [-0.05, 0) is 41.5 Å². The van der Waals surface area contributed by atoms with Crippen LogP contribution in [0.1, 0.15) is 41.5 Å². The SMILES string of the molecule is CC(O)COC(C)COC(C)COCC(C)OCC(C)OCC(C)O.